The number of rotatable bonds is 5. The summed E-state index contributed by atoms with van der Waals surface area (Å²) in [5.41, 5.74) is 5.64. The summed E-state index contributed by atoms with van der Waals surface area (Å²) in [7, 11) is 0. The molecule has 32 heavy (non-hydrogen) atoms. The standard InChI is InChI=1S/C27H24N2O3/c1-18-7-13-23(14-8-18)31-17-24-19(2)32-26(28-24)21-9-11-22(12-10-21)27(30)29-16-15-20-5-3-4-6-25(20)29/h3-14H,15-17H2,1-2H3. The van der Waals surface area contributed by atoms with Crippen molar-refractivity contribution in [2.75, 3.05) is 11.4 Å². The minimum absolute atomic E-state index is 0.0114. The van der Waals surface area contributed by atoms with Crippen LogP contribution in [0, 0.1) is 13.8 Å². The smallest absolute Gasteiger partial charge is 0.258 e. The molecule has 5 nitrogen and oxygen atoms in total. The summed E-state index contributed by atoms with van der Waals surface area (Å²) in [5, 5.41) is 0. The number of carbonyl (C=O) groups is 1. The van der Waals surface area contributed by atoms with Crippen LogP contribution >= 0.6 is 0 Å². The van der Waals surface area contributed by atoms with E-state index in [1.165, 1.54) is 11.1 Å². The first-order valence-corrected chi connectivity index (χ1v) is 10.7. The maximum absolute atomic E-state index is 13.0. The van der Waals surface area contributed by atoms with Gasteiger partial charge in [-0.25, -0.2) is 4.98 Å². The van der Waals surface area contributed by atoms with Crippen LogP contribution in [0.3, 0.4) is 0 Å². The Hall–Kier alpha value is -3.86. The maximum atomic E-state index is 13.0. The molecule has 0 bridgehead atoms. The molecule has 2 heterocycles. The number of amides is 1. The summed E-state index contributed by atoms with van der Waals surface area (Å²) in [5.74, 6) is 2.06. The number of fused-ring (bicyclic) bond motifs is 1. The zero-order valence-electron chi connectivity index (χ0n) is 18.2. The predicted octanol–water partition coefficient (Wildman–Crippen LogP) is 5.74. The van der Waals surface area contributed by atoms with Crippen LogP contribution in [0.15, 0.2) is 77.2 Å². The van der Waals surface area contributed by atoms with E-state index in [4.69, 9.17) is 9.15 Å². The van der Waals surface area contributed by atoms with Crippen molar-refractivity contribution in [3.63, 3.8) is 0 Å². The van der Waals surface area contributed by atoms with Crippen molar-refractivity contribution in [1.29, 1.82) is 0 Å². The van der Waals surface area contributed by atoms with E-state index < -0.39 is 0 Å². The Kier molecular flexibility index (Phi) is 5.23. The lowest BCUT2D eigenvalue weighted by molar-refractivity contribution is 0.0989. The number of hydrogen-bond donors (Lipinski definition) is 0. The zero-order valence-corrected chi connectivity index (χ0v) is 18.2. The first kappa shape index (κ1) is 20.1. The molecule has 1 aliphatic rings. The SMILES string of the molecule is Cc1ccc(OCc2nc(-c3ccc(C(=O)N4CCc5ccccc54)cc3)oc2C)cc1. The third kappa shape index (κ3) is 3.89. The van der Waals surface area contributed by atoms with Crippen molar-refractivity contribution in [3.8, 4) is 17.2 Å². The van der Waals surface area contributed by atoms with Crippen LogP contribution in [0.1, 0.15) is 32.9 Å². The Labute approximate surface area is 187 Å². The normalized spacial score (nSPS) is 12.6. The van der Waals surface area contributed by atoms with Gasteiger partial charge in [-0.15, -0.1) is 0 Å². The molecule has 0 aliphatic carbocycles. The van der Waals surface area contributed by atoms with Crippen molar-refractivity contribution in [3.05, 3.63) is 101 Å². The highest BCUT2D eigenvalue weighted by atomic mass is 16.5. The predicted molar refractivity (Wildman–Crippen MR) is 124 cm³/mol. The monoisotopic (exact) mass is 424 g/mol. The number of oxazole rings is 1. The van der Waals surface area contributed by atoms with Crippen molar-refractivity contribution >= 4 is 11.6 Å². The van der Waals surface area contributed by atoms with Gasteiger partial charge in [0.25, 0.3) is 5.91 Å². The number of anilines is 1. The van der Waals surface area contributed by atoms with E-state index in [1.807, 2.05) is 85.5 Å². The molecule has 0 spiro atoms. The largest absolute Gasteiger partial charge is 0.487 e. The Balaban J connectivity index is 1.29. The number of hydrogen-bond acceptors (Lipinski definition) is 4. The van der Waals surface area contributed by atoms with Gasteiger partial charge in [0.05, 0.1) is 0 Å². The minimum Gasteiger partial charge on any atom is -0.487 e. The molecule has 0 saturated carbocycles. The summed E-state index contributed by atoms with van der Waals surface area (Å²) in [6, 6.07) is 23.4. The fraction of sp³-hybridized carbons (Fsp3) is 0.185. The highest BCUT2D eigenvalue weighted by molar-refractivity contribution is 6.07. The summed E-state index contributed by atoms with van der Waals surface area (Å²) in [4.78, 5) is 19.5. The molecule has 4 aromatic rings. The highest BCUT2D eigenvalue weighted by Gasteiger charge is 2.25. The number of ether oxygens (including phenoxy) is 1. The molecule has 5 rings (SSSR count). The van der Waals surface area contributed by atoms with Gasteiger partial charge in [-0.05, 0) is 68.3 Å². The molecule has 0 N–H and O–H groups in total. The summed E-state index contributed by atoms with van der Waals surface area (Å²) in [6.07, 6.45) is 0.892. The van der Waals surface area contributed by atoms with Crippen LogP contribution in [-0.4, -0.2) is 17.4 Å². The first-order valence-electron chi connectivity index (χ1n) is 10.7. The van der Waals surface area contributed by atoms with Crippen LogP contribution in [0.25, 0.3) is 11.5 Å². The third-order valence-electron chi connectivity index (χ3n) is 5.80. The lowest BCUT2D eigenvalue weighted by Crippen LogP contribution is -2.28. The number of carbonyl (C=O) groups excluding carboxylic acids is 1. The molecule has 3 aromatic carbocycles. The van der Waals surface area contributed by atoms with Crippen molar-refractivity contribution in [2.24, 2.45) is 0 Å². The highest BCUT2D eigenvalue weighted by Crippen LogP contribution is 2.29. The van der Waals surface area contributed by atoms with Crippen LogP contribution in [0.2, 0.25) is 0 Å². The van der Waals surface area contributed by atoms with Gasteiger partial charge in [-0.1, -0.05) is 35.9 Å². The first-order chi connectivity index (χ1) is 15.6. The van der Waals surface area contributed by atoms with Crippen LogP contribution in [0.5, 0.6) is 5.75 Å². The third-order valence-corrected chi connectivity index (χ3v) is 5.80. The molecule has 0 fully saturated rings. The van der Waals surface area contributed by atoms with E-state index >= 15 is 0 Å². The van der Waals surface area contributed by atoms with E-state index in [1.54, 1.807) is 0 Å². The Bertz CT molecular complexity index is 1260. The number of nitrogens with zero attached hydrogens (tertiary/aromatic N) is 2. The second-order valence-electron chi connectivity index (χ2n) is 8.04. The van der Waals surface area contributed by atoms with Gasteiger partial charge in [0.15, 0.2) is 0 Å². The molecule has 1 amide bonds. The zero-order chi connectivity index (χ0) is 22.1. The molecule has 0 saturated heterocycles. The van der Waals surface area contributed by atoms with E-state index in [0.717, 1.165) is 34.9 Å². The summed E-state index contributed by atoms with van der Waals surface area (Å²) >= 11 is 0. The average Bonchev–Trinajstić information content (AvgIpc) is 3.42. The van der Waals surface area contributed by atoms with Crippen molar-refractivity contribution in [1.82, 2.24) is 4.98 Å². The summed E-state index contributed by atoms with van der Waals surface area (Å²) < 4.78 is 11.7. The molecule has 0 radical (unpaired) electrons. The minimum atomic E-state index is 0.0114. The van der Waals surface area contributed by atoms with E-state index in [-0.39, 0.29) is 5.91 Å². The van der Waals surface area contributed by atoms with Gasteiger partial charge in [0.1, 0.15) is 23.8 Å². The Morgan fingerprint density at radius 2 is 1.75 bits per heavy atom. The number of aryl methyl sites for hydroxylation is 2. The number of aromatic nitrogens is 1. The molecule has 1 aromatic heterocycles. The number of para-hydroxylation sites is 1. The van der Waals surface area contributed by atoms with Crippen molar-refractivity contribution < 1.29 is 13.9 Å². The molecule has 0 atom stereocenters. The van der Waals surface area contributed by atoms with Gasteiger partial charge < -0.3 is 14.1 Å². The molecule has 160 valence electrons. The quantitative estimate of drug-likeness (QED) is 0.410. The van der Waals surface area contributed by atoms with E-state index in [0.29, 0.717) is 24.6 Å². The van der Waals surface area contributed by atoms with Crippen molar-refractivity contribution in [2.45, 2.75) is 26.9 Å². The van der Waals surface area contributed by atoms with Gasteiger partial charge in [-0.3, -0.25) is 4.79 Å². The molecule has 0 unspecified atom stereocenters. The topological polar surface area (TPSA) is 55.6 Å². The summed E-state index contributed by atoms with van der Waals surface area (Å²) in [6.45, 7) is 4.97. The second kappa shape index (κ2) is 8.35. The fourth-order valence-corrected chi connectivity index (χ4v) is 3.93. The lowest BCUT2D eigenvalue weighted by atomic mass is 10.1. The van der Waals surface area contributed by atoms with Gasteiger partial charge in [0, 0.05) is 23.4 Å². The Morgan fingerprint density at radius 3 is 2.53 bits per heavy atom. The fourth-order valence-electron chi connectivity index (χ4n) is 3.93. The molecular formula is C27H24N2O3. The maximum Gasteiger partial charge on any atom is 0.258 e. The van der Waals surface area contributed by atoms with Crippen LogP contribution < -0.4 is 9.64 Å². The van der Waals surface area contributed by atoms with Gasteiger partial charge >= 0.3 is 0 Å². The number of benzene rings is 3. The van der Waals surface area contributed by atoms with Gasteiger partial charge in [0.2, 0.25) is 5.89 Å². The van der Waals surface area contributed by atoms with E-state index in [9.17, 15) is 4.79 Å². The van der Waals surface area contributed by atoms with Crippen LogP contribution in [-0.2, 0) is 13.0 Å². The molecule has 5 heteroatoms. The van der Waals surface area contributed by atoms with Crippen LogP contribution in [0.4, 0.5) is 5.69 Å². The van der Waals surface area contributed by atoms with E-state index in [2.05, 4.69) is 11.1 Å². The second-order valence-corrected chi connectivity index (χ2v) is 8.04. The van der Waals surface area contributed by atoms with Gasteiger partial charge in [-0.2, -0.15) is 0 Å². The molecular weight excluding hydrogens is 400 g/mol. The molecule has 1 aliphatic heterocycles. The lowest BCUT2D eigenvalue weighted by Gasteiger charge is -2.17. The average molecular weight is 425 g/mol. The Morgan fingerprint density at radius 1 is 1.00 bits per heavy atom.